The van der Waals surface area contributed by atoms with Crippen molar-refractivity contribution >= 4 is 0 Å². The second-order valence-corrected chi connectivity index (χ2v) is 4.23. The lowest BCUT2D eigenvalue weighted by atomic mass is 10.2. The van der Waals surface area contributed by atoms with E-state index in [1.807, 2.05) is 13.0 Å². The monoisotopic (exact) mass is 246 g/mol. The smallest absolute Gasteiger partial charge is 0.219 e. The van der Waals surface area contributed by atoms with E-state index in [2.05, 4.69) is 4.98 Å². The topological polar surface area (TPSA) is 48.1 Å². The van der Waals surface area contributed by atoms with Crippen molar-refractivity contribution in [3.8, 4) is 11.6 Å². The third kappa shape index (κ3) is 2.84. The summed E-state index contributed by atoms with van der Waals surface area (Å²) in [5.74, 6) is 0.781. The number of ether oxygens (including phenoxy) is 1. The number of hydrogen-bond acceptors (Lipinski definition) is 3. The Labute approximate surface area is 105 Å². The zero-order chi connectivity index (χ0) is 13.1. The highest BCUT2D eigenvalue weighted by Gasteiger charge is 2.04. The summed E-state index contributed by atoms with van der Waals surface area (Å²) in [5, 5.41) is 0. The number of halogens is 1. The van der Waals surface area contributed by atoms with Crippen LogP contribution in [0.1, 0.15) is 24.1 Å². The summed E-state index contributed by atoms with van der Waals surface area (Å²) in [6.07, 6.45) is 1.68. The van der Waals surface area contributed by atoms with Gasteiger partial charge in [0.25, 0.3) is 0 Å². The summed E-state index contributed by atoms with van der Waals surface area (Å²) in [4.78, 5) is 4.15. The Kier molecular flexibility index (Phi) is 3.58. The van der Waals surface area contributed by atoms with Crippen LogP contribution in [0.3, 0.4) is 0 Å². The largest absolute Gasteiger partial charge is 0.439 e. The minimum Gasteiger partial charge on any atom is -0.439 e. The van der Waals surface area contributed by atoms with Crippen molar-refractivity contribution in [2.24, 2.45) is 5.73 Å². The molecule has 1 unspecified atom stereocenters. The molecule has 1 aromatic heterocycles. The van der Waals surface area contributed by atoms with E-state index >= 15 is 0 Å². The molecule has 1 atom stereocenters. The molecule has 2 N–H and O–H groups in total. The third-order valence-electron chi connectivity index (χ3n) is 2.64. The molecule has 0 aliphatic carbocycles. The van der Waals surface area contributed by atoms with Gasteiger partial charge >= 0.3 is 0 Å². The summed E-state index contributed by atoms with van der Waals surface area (Å²) in [6.45, 7) is 3.58. The summed E-state index contributed by atoms with van der Waals surface area (Å²) < 4.78 is 18.6. The fourth-order valence-corrected chi connectivity index (χ4v) is 1.52. The maximum atomic E-state index is 13.1. The van der Waals surface area contributed by atoms with Crippen LogP contribution in [0.25, 0.3) is 0 Å². The van der Waals surface area contributed by atoms with E-state index in [-0.39, 0.29) is 11.9 Å². The first-order valence-electron chi connectivity index (χ1n) is 5.72. The summed E-state index contributed by atoms with van der Waals surface area (Å²) >= 11 is 0. The Hall–Kier alpha value is -1.94. The fourth-order valence-electron chi connectivity index (χ4n) is 1.52. The molecular formula is C14H15FN2O. The van der Waals surface area contributed by atoms with Crippen molar-refractivity contribution in [2.45, 2.75) is 19.9 Å². The van der Waals surface area contributed by atoms with Crippen LogP contribution in [-0.4, -0.2) is 4.98 Å². The molecule has 0 radical (unpaired) electrons. The van der Waals surface area contributed by atoms with E-state index < -0.39 is 0 Å². The van der Waals surface area contributed by atoms with Gasteiger partial charge in [-0.3, -0.25) is 0 Å². The van der Waals surface area contributed by atoms with Gasteiger partial charge in [-0.2, -0.15) is 0 Å². The molecule has 0 bridgehead atoms. The lowest BCUT2D eigenvalue weighted by molar-refractivity contribution is 0.460. The summed E-state index contributed by atoms with van der Waals surface area (Å²) in [6, 6.07) is 8.14. The fraction of sp³-hybridized carbons (Fsp3) is 0.214. The van der Waals surface area contributed by atoms with Crippen molar-refractivity contribution < 1.29 is 9.13 Å². The Balaban J connectivity index is 2.15. The third-order valence-corrected chi connectivity index (χ3v) is 2.64. The SMILES string of the molecule is Cc1cc(Oc2ccc(C(C)N)cn2)ccc1F. The molecule has 0 saturated carbocycles. The van der Waals surface area contributed by atoms with E-state index in [1.165, 1.54) is 6.07 Å². The highest BCUT2D eigenvalue weighted by molar-refractivity contribution is 5.32. The van der Waals surface area contributed by atoms with E-state index in [0.29, 0.717) is 17.2 Å². The Bertz CT molecular complexity index is 538. The number of benzene rings is 1. The zero-order valence-corrected chi connectivity index (χ0v) is 10.4. The van der Waals surface area contributed by atoms with E-state index in [1.54, 1.807) is 31.3 Å². The first kappa shape index (κ1) is 12.5. The molecule has 4 heteroatoms. The lowest BCUT2D eigenvalue weighted by Crippen LogP contribution is -2.05. The average Bonchev–Trinajstić information content (AvgIpc) is 2.34. The summed E-state index contributed by atoms with van der Waals surface area (Å²) in [5.41, 5.74) is 7.21. The minimum atomic E-state index is -0.248. The van der Waals surface area contributed by atoms with Gasteiger partial charge in [0, 0.05) is 18.3 Å². The molecule has 0 aliphatic rings. The van der Waals surface area contributed by atoms with Crippen LogP contribution in [0, 0.1) is 12.7 Å². The van der Waals surface area contributed by atoms with Gasteiger partial charge in [0.05, 0.1) is 0 Å². The minimum absolute atomic E-state index is 0.0559. The molecular weight excluding hydrogens is 231 g/mol. The highest BCUT2D eigenvalue weighted by atomic mass is 19.1. The first-order valence-corrected chi connectivity index (χ1v) is 5.72. The quantitative estimate of drug-likeness (QED) is 0.903. The Morgan fingerprint density at radius 3 is 2.61 bits per heavy atom. The maximum Gasteiger partial charge on any atom is 0.219 e. The molecule has 18 heavy (non-hydrogen) atoms. The molecule has 1 aromatic carbocycles. The van der Waals surface area contributed by atoms with Crippen molar-refractivity contribution in [1.82, 2.24) is 4.98 Å². The normalized spacial score (nSPS) is 12.2. The molecule has 0 fully saturated rings. The van der Waals surface area contributed by atoms with Crippen molar-refractivity contribution in [3.05, 3.63) is 53.5 Å². The number of hydrogen-bond donors (Lipinski definition) is 1. The van der Waals surface area contributed by atoms with Gasteiger partial charge in [-0.15, -0.1) is 0 Å². The predicted octanol–water partition coefficient (Wildman–Crippen LogP) is 3.34. The van der Waals surface area contributed by atoms with Gasteiger partial charge in [0.15, 0.2) is 0 Å². The van der Waals surface area contributed by atoms with Crippen LogP contribution >= 0.6 is 0 Å². The van der Waals surface area contributed by atoms with Crippen LogP contribution in [0.15, 0.2) is 36.5 Å². The van der Waals surface area contributed by atoms with Gasteiger partial charge in [-0.1, -0.05) is 6.07 Å². The number of aromatic nitrogens is 1. The Morgan fingerprint density at radius 2 is 2.06 bits per heavy atom. The van der Waals surface area contributed by atoms with E-state index in [4.69, 9.17) is 10.5 Å². The van der Waals surface area contributed by atoms with Crippen molar-refractivity contribution in [2.75, 3.05) is 0 Å². The molecule has 3 nitrogen and oxygen atoms in total. The van der Waals surface area contributed by atoms with Crippen LogP contribution < -0.4 is 10.5 Å². The van der Waals surface area contributed by atoms with Gasteiger partial charge in [-0.05, 0) is 43.2 Å². The molecule has 0 amide bonds. The lowest BCUT2D eigenvalue weighted by Gasteiger charge is -2.08. The number of pyridine rings is 1. The second-order valence-electron chi connectivity index (χ2n) is 4.23. The standard InChI is InChI=1S/C14H15FN2O/c1-9-7-12(4-5-13(9)15)18-14-6-3-11(8-17-14)10(2)16/h3-8,10H,16H2,1-2H3. The van der Waals surface area contributed by atoms with Crippen LogP contribution in [0.2, 0.25) is 0 Å². The van der Waals surface area contributed by atoms with Gasteiger partial charge in [-0.25, -0.2) is 9.37 Å². The molecule has 2 rings (SSSR count). The molecule has 0 spiro atoms. The molecule has 0 saturated heterocycles. The average molecular weight is 246 g/mol. The molecule has 1 heterocycles. The zero-order valence-electron chi connectivity index (χ0n) is 10.4. The molecule has 2 aromatic rings. The van der Waals surface area contributed by atoms with Gasteiger partial charge < -0.3 is 10.5 Å². The molecule has 94 valence electrons. The first-order chi connectivity index (χ1) is 8.56. The van der Waals surface area contributed by atoms with Crippen molar-refractivity contribution in [1.29, 1.82) is 0 Å². The number of aryl methyl sites for hydroxylation is 1. The number of nitrogens with two attached hydrogens (primary N) is 1. The Morgan fingerprint density at radius 1 is 1.28 bits per heavy atom. The predicted molar refractivity (Wildman–Crippen MR) is 68.1 cm³/mol. The number of nitrogens with zero attached hydrogens (tertiary/aromatic N) is 1. The van der Waals surface area contributed by atoms with Crippen molar-refractivity contribution in [3.63, 3.8) is 0 Å². The van der Waals surface area contributed by atoms with Crippen LogP contribution in [0.5, 0.6) is 11.6 Å². The highest BCUT2D eigenvalue weighted by Crippen LogP contribution is 2.22. The maximum absolute atomic E-state index is 13.1. The van der Waals surface area contributed by atoms with Crippen LogP contribution in [0.4, 0.5) is 4.39 Å². The van der Waals surface area contributed by atoms with E-state index in [9.17, 15) is 4.39 Å². The van der Waals surface area contributed by atoms with Gasteiger partial charge in [0.2, 0.25) is 5.88 Å². The summed E-state index contributed by atoms with van der Waals surface area (Å²) in [7, 11) is 0. The number of rotatable bonds is 3. The van der Waals surface area contributed by atoms with Crippen LogP contribution in [-0.2, 0) is 0 Å². The second kappa shape index (κ2) is 5.14. The molecule has 0 aliphatic heterocycles. The van der Waals surface area contributed by atoms with E-state index in [0.717, 1.165) is 5.56 Å². The van der Waals surface area contributed by atoms with Gasteiger partial charge in [0.1, 0.15) is 11.6 Å².